The van der Waals surface area contributed by atoms with Gasteiger partial charge >= 0.3 is 0 Å². The Morgan fingerprint density at radius 1 is 1.08 bits per heavy atom. The molecule has 25 heavy (non-hydrogen) atoms. The Balaban J connectivity index is 2.02. The van der Waals surface area contributed by atoms with E-state index in [4.69, 9.17) is 4.98 Å². The van der Waals surface area contributed by atoms with Gasteiger partial charge in [-0.2, -0.15) is 0 Å². The molecule has 4 rings (SSSR count). The first-order valence-electron chi connectivity index (χ1n) is 8.43. The monoisotopic (exact) mass is 332 g/mol. The standard InChI is InChI=1S/C20H20N4O/c1-13(2)11-21-19-20-22-12-17(14-7-3-6-10-18(14)25)24(20)16-9-5-4-8-15(16)23-19/h3-10,12-13,25H,11H2,1-2H3,(H,21,23). The number of imidazole rings is 1. The predicted octanol–water partition coefficient (Wildman–Crippen LogP) is 4.32. The van der Waals surface area contributed by atoms with Gasteiger partial charge in [-0.05, 0) is 30.2 Å². The summed E-state index contributed by atoms with van der Waals surface area (Å²) in [7, 11) is 0. The van der Waals surface area contributed by atoms with Gasteiger partial charge in [-0.1, -0.05) is 38.1 Å². The number of rotatable bonds is 4. The second-order valence-corrected chi connectivity index (χ2v) is 6.54. The molecule has 0 radical (unpaired) electrons. The lowest BCUT2D eigenvalue weighted by atomic mass is 10.1. The molecule has 0 bridgehead atoms. The van der Waals surface area contributed by atoms with Gasteiger partial charge in [-0.25, -0.2) is 9.97 Å². The van der Waals surface area contributed by atoms with Crippen LogP contribution in [0.25, 0.3) is 27.9 Å². The SMILES string of the molecule is CC(C)CNc1nc2ccccc2n2c(-c3ccccc3O)cnc12. The Morgan fingerprint density at radius 2 is 1.84 bits per heavy atom. The molecular formula is C20H20N4O. The van der Waals surface area contributed by atoms with Crippen LogP contribution in [-0.4, -0.2) is 26.0 Å². The number of benzene rings is 2. The number of hydrogen-bond acceptors (Lipinski definition) is 4. The smallest absolute Gasteiger partial charge is 0.181 e. The number of aromatic nitrogens is 3. The lowest BCUT2D eigenvalue weighted by molar-refractivity contribution is 0.477. The maximum Gasteiger partial charge on any atom is 0.181 e. The van der Waals surface area contributed by atoms with Crippen LogP contribution in [0.5, 0.6) is 5.75 Å². The van der Waals surface area contributed by atoms with Crippen LogP contribution < -0.4 is 5.32 Å². The van der Waals surface area contributed by atoms with Gasteiger partial charge < -0.3 is 10.4 Å². The number of anilines is 1. The minimum absolute atomic E-state index is 0.238. The molecule has 0 saturated heterocycles. The number of fused-ring (bicyclic) bond motifs is 3. The van der Waals surface area contributed by atoms with Crippen molar-refractivity contribution in [2.75, 3.05) is 11.9 Å². The van der Waals surface area contributed by atoms with Crippen molar-refractivity contribution in [2.45, 2.75) is 13.8 Å². The molecule has 0 amide bonds. The fraction of sp³-hybridized carbons (Fsp3) is 0.200. The van der Waals surface area contributed by atoms with Crippen LogP contribution in [-0.2, 0) is 0 Å². The summed E-state index contributed by atoms with van der Waals surface area (Å²) < 4.78 is 2.06. The van der Waals surface area contributed by atoms with Gasteiger partial charge in [0.05, 0.1) is 22.9 Å². The van der Waals surface area contributed by atoms with E-state index in [9.17, 15) is 5.11 Å². The summed E-state index contributed by atoms with van der Waals surface area (Å²) in [6, 6.07) is 15.3. The van der Waals surface area contributed by atoms with Crippen molar-refractivity contribution in [3.63, 3.8) is 0 Å². The highest BCUT2D eigenvalue weighted by molar-refractivity contribution is 5.86. The molecule has 0 atom stereocenters. The van der Waals surface area contributed by atoms with E-state index in [1.165, 1.54) is 0 Å². The number of hydrogen-bond donors (Lipinski definition) is 2. The molecule has 2 aromatic heterocycles. The minimum Gasteiger partial charge on any atom is -0.507 e. The lowest BCUT2D eigenvalue weighted by Crippen LogP contribution is -2.11. The van der Waals surface area contributed by atoms with Gasteiger partial charge in [0, 0.05) is 12.1 Å². The van der Waals surface area contributed by atoms with Crippen LogP contribution in [0.2, 0.25) is 0 Å². The molecule has 0 aliphatic heterocycles. The molecule has 2 heterocycles. The number of nitrogens with one attached hydrogen (secondary N) is 1. The molecule has 0 spiro atoms. The lowest BCUT2D eigenvalue weighted by Gasteiger charge is -2.13. The highest BCUT2D eigenvalue weighted by Gasteiger charge is 2.16. The molecule has 126 valence electrons. The van der Waals surface area contributed by atoms with Gasteiger partial charge in [0.2, 0.25) is 0 Å². The maximum atomic E-state index is 10.3. The topological polar surface area (TPSA) is 62.5 Å². The van der Waals surface area contributed by atoms with Crippen molar-refractivity contribution in [2.24, 2.45) is 5.92 Å². The van der Waals surface area contributed by atoms with E-state index in [0.717, 1.165) is 40.3 Å². The zero-order valence-electron chi connectivity index (χ0n) is 14.3. The quantitative estimate of drug-likeness (QED) is 0.584. The van der Waals surface area contributed by atoms with Gasteiger partial charge in [0.1, 0.15) is 5.75 Å². The number of nitrogens with zero attached hydrogens (tertiary/aromatic N) is 3. The Morgan fingerprint density at radius 3 is 2.64 bits per heavy atom. The van der Waals surface area contributed by atoms with Crippen LogP contribution >= 0.6 is 0 Å². The predicted molar refractivity (Wildman–Crippen MR) is 101 cm³/mol. The second kappa shape index (κ2) is 6.09. The fourth-order valence-corrected chi connectivity index (χ4v) is 2.98. The molecule has 0 aliphatic carbocycles. The average molecular weight is 332 g/mol. The van der Waals surface area contributed by atoms with Gasteiger partial charge in [0.15, 0.2) is 11.5 Å². The molecular weight excluding hydrogens is 312 g/mol. The van der Waals surface area contributed by atoms with Gasteiger partial charge in [0.25, 0.3) is 0 Å². The number of phenols is 1. The summed E-state index contributed by atoms with van der Waals surface area (Å²) in [5.41, 5.74) is 4.21. The summed E-state index contributed by atoms with van der Waals surface area (Å²) in [5.74, 6) is 1.50. The Bertz CT molecular complexity index is 1050. The van der Waals surface area contributed by atoms with E-state index in [-0.39, 0.29) is 5.75 Å². The zero-order chi connectivity index (χ0) is 17.4. The molecule has 2 aromatic carbocycles. The van der Waals surface area contributed by atoms with Crippen molar-refractivity contribution >= 4 is 22.5 Å². The molecule has 0 saturated carbocycles. The Kier molecular flexibility index (Phi) is 3.76. The highest BCUT2D eigenvalue weighted by atomic mass is 16.3. The van der Waals surface area contributed by atoms with E-state index in [1.807, 2.05) is 42.5 Å². The third kappa shape index (κ3) is 2.67. The fourth-order valence-electron chi connectivity index (χ4n) is 2.98. The zero-order valence-corrected chi connectivity index (χ0v) is 14.3. The summed E-state index contributed by atoms with van der Waals surface area (Å²) in [4.78, 5) is 9.34. The second-order valence-electron chi connectivity index (χ2n) is 6.54. The van der Waals surface area contributed by atoms with E-state index >= 15 is 0 Å². The number of phenolic OH excluding ortho intramolecular Hbond substituents is 1. The third-order valence-corrected chi connectivity index (χ3v) is 4.19. The molecule has 0 aliphatic rings. The molecule has 4 aromatic rings. The molecule has 5 heteroatoms. The molecule has 2 N–H and O–H groups in total. The minimum atomic E-state index is 0.238. The van der Waals surface area contributed by atoms with Crippen molar-refractivity contribution in [1.29, 1.82) is 0 Å². The first kappa shape index (κ1) is 15.4. The van der Waals surface area contributed by atoms with Crippen molar-refractivity contribution < 1.29 is 5.11 Å². The number of aromatic hydroxyl groups is 1. The Labute approximate surface area is 146 Å². The molecule has 0 fully saturated rings. The van der Waals surface area contributed by atoms with Gasteiger partial charge in [-0.3, -0.25) is 4.40 Å². The first-order chi connectivity index (χ1) is 12.1. The van der Waals surface area contributed by atoms with E-state index in [0.29, 0.717) is 5.92 Å². The number of para-hydroxylation sites is 3. The van der Waals surface area contributed by atoms with E-state index < -0.39 is 0 Å². The van der Waals surface area contributed by atoms with Gasteiger partial charge in [-0.15, -0.1) is 0 Å². The summed E-state index contributed by atoms with van der Waals surface area (Å²) in [5, 5.41) is 13.7. The van der Waals surface area contributed by atoms with Crippen molar-refractivity contribution in [1.82, 2.24) is 14.4 Å². The van der Waals surface area contributed by atoms with Crippen molar-refractivity contribution in [3.8, 4) is 17.0 Å². The van der Waals surface area contributed by atoms with Crippen LogP contribution in [0.3, 0.4) is 0 Å². The summed E-state index contributed by atoms with van der Waals surface area (Å²) in [6.07, 6.45) is 1.79. The van der Waals surface area contributed by atoms with Crippen LogP contribution in [0.4, 0.5) is 5.82 Å². The van der Waals surface area contributed by atoms with Crippen LogP contribution in [0.15, 0.2) is 54.7 Å². The third-order valence-electron chi connectivity index (χ3n) is 4.19. The highest BCUT2D eigenvalue weighted by Crippen LogP contribution is 2.32. The Hall–Kier alpha value is -3.08. The maximum absolute atomic E-state index is 10.3. The molecule has 5 nitrogen and oxygen atoms in total. The van der Waals surface area contributed by atoms with Crippen LogP contribution in [0, 0.1) is 5.92 Å². The molecule has 0 unspecified atom stereocenters. The summed E-state index contributed by atoms with van der Waals surface area (Å²) in [6.45, 7) is 5.13. The normalized spacial score (nSPS) is 11.5. The van der Waals surface area contributed by atoms with Crippen LogP contribution in [0.1, 0.15) is 13.8 Å². The van der Waals surface area contributed by atoms with E-state index in [1.54, 1.807) is 12.3 Å². The summed E-state index contributed by atoms with van der Waals surface area (Å²) >= 11 is 0. The van der Waals surface area contributed by atoms with E-state index in [2.05, 4.69) is 28.5 Å². The largest absolute Gasteiger partial charge is 0.507 e. The van der Waals surface area contributed by atoms with Crippen molar-refractivity contribution in [3.05, 3.63) is 54.7 Å². The average Bonchev–Trinajstić information content (AvgIpc) is 3.05. The first-order valence-corrected chi connectivity index (χ1v) is 8.43.